The maximum atomic E-state index is 9.55. The van der Waals surface area contributed by atoms with Gasteiger partial charge in [-0.2, -0.15) is 0 Å². The summed E-state index contributed by atoms with van der Waals surface area (Å²) in [5.41, 5.74) is 0.970. The Kier molecular flexibility index (Phi) is 4.19. The van der Waals surface area contributed by atoms with Gasteiger partial charge >= 0.3 is 0 Å². The Morgan fingerprint density at radius 1 is 1.62 bits per heavy atom. The minimum Gasteiger partial charge on any atom is -0.393 e. The fraction of sp³-hybridized carbons (Fsp3) is 0.500. The Hall–Kier alpha value is -0.600. The van der Waals surface area contributed by atoms with Crippen LogP contribution in [0.2, 0.25) is 5.02 Å². The highest BCUT2D eigenvalue weighted by Gasteiger charge is 2.06. The molecule has 1 atom stereocenters. The van der Waals surface area contributed by atoms with E-state index in [1.165, 1.54) is 0 Å². The Morgan fingerprint density at radius 2 is 2.38 bits per heavy atom. The summed E-state index contributed by atoms with van der Waals surface area (Å²) in [5.74, 6) is 0. The number of nitrogens with zero attached hydrogens (tertiary/aromatic N) is 1. The molecule has 0 amide bonds. The lowest BCUT2D eigenvalue weighted by molar-refractivity contribution is 0.164. The van der Waals surface area contributed by atoms with Crippen LogP contribution in [0.4, 0.5) is 0 Å². The Bertz CT molecular complexity index is 265. The molecule has 2 nitrogen and oxygen atoms in total. The molecule has 1 aromatic rings. The van der Waals surface area contributed by atoms with Crippen molar-refractivity contribution in [3.63, 3.8) is 0 Å². The molecule has 1 N–H and O–H groups in total. The van der Waals surface area contributed by atoms with Gasteiger partial charge < -0.3 is 5.11 Å². The molecule has 13 heavy (non-hydrogen) atoms. The molecule has 1 heterocycles. The Labute approximate surface area is 83.6 Å². The predicted octanol–water partition coefficient (Wildman–Crippen LogP) is 2.44. The van der Waals surface area contributed by atoms with Gasteiger partial charge in [0.25, 0.3) is 0 Å². The Morgan fingerprint density at radius 3 is 3.00 bits per heavy atom. The van der Waals surface area contributed by atoms with Crippen molar-refractivity contribution in [1.29, 1.82) is 0 Å². The smallest absolute Gasteiger partial charge is 0.0622 e. The molecule has 1 rings (SSSR count). The summed E-state index contributed by atoms with van der Waals surface area (Å²) in [6.45, 7) is 2.05. The first-order valence-corrected chi connectivity index (χ1v) is 4.88. The van der Waals surface area contributed by atoms with Crippen LogP contribution in [0.1, 0.15) is 25.3 Å². The molecule has 0 fully saturated rings. The van der Waals surface area contributed by atoms with E-state index in [4.69, 9.17) is 11.6 Å². The lowest BCUT2D eigenvalue weighted by Gasteiger charge is -2.09. The summed E-state index contributed by atoms with van der Waals surface area (Å²) >= 11 is 5.89. The van der Waals surface area contributed by atoms with Crippen molar-refractivity contribution in [3.05, 3.63) is 29.0 Å². The monoisotopic (exact) mass is 199 g/mol. The zero-order valence-corrected chi connectivity index (χ0v) is 8.46. The summed E-state index contributed by atoms with van der Waals surface area (Å²) in [6, 6.07) is 1.85. The maximum Gasteiger partial charge on any atom is 0.0622 e. The largest absolute Gasteiger partial charge is 0.393 e. The fourth-order valence-electron chi connectivity index (χ4n) is 1.26. The van der Waals surface area contributed by atoms with Crippen LogP contribution >= 0.6 is 11.6 Å². The first kappa shape index (κ1) is 10.5. The first-order valence-electron chi connectivity index (χ1n) is 4.50. The molecule has 0 aliphatic rings. The molecule has 0 aromatic carbocycles. The lowest BCUT2D eigenvalue weighted by Crippen LogP contribution is -2.09. The minimum atomic E-state index is -0.287. The molecule has 1 aromatic heterocycles. The third kappa shape index (κ3) is 3.33. The van der Waals surface area contributed by atoms with E-state index in [1.807, 2.05) is 6.07 Å². The molecular weight excluding hydrogens is 186 g/mol. The van der Waals surface area contributed by atoms with Gasteiger partial charge in [-0.05, 0) is 24.5 Å². The molecule has 0 saturated carbocycles. The van der Waals surface area contributed by atoms with Gasteiger partial charge in [-0.3, -0.25) is 4.98 Å². The molecule has 0 aliphatic carbocycles. The van der Waals surface area contributed by atoms with Crippen LogP contribution in [0, 0.1) is 0 Å². The maximum absolute atomic E-state index is 9.55. The zero-order valence-electron chi connectivity index (χ0n) is 7.70. The second kappa shape index (κ2) is 5.20. The number of hydrogen-bond donors (Lipinski definition) is 1. The number of halogens is 1. The Balaban J connectivity index is 2.58. The highest BCUT2D eigenvalue weighted by Crippen LogP contribution is 2.16. The standard InChI is InChI=1S/C10H14ClNO/c1-2-3-9(13)6-8-4-5-12-7-10(8)11/h4-5,7,9,13H,2-3,6H2,1H3. The molecule has 1 unspecified atom stereocenters. The molecule has 72 valence electrons. The third-order valence-electron chi connectivity index (χ3n) is 1.93. The van der Waals surface area contributed by atoms with E-state index < -0.39 is 0 Å². The van der Waals surface area contributed by atoms with Crippen LogP contribution in [-0.2, 0) is 6.42 Å². The minimum absolute atomic E-state index is 0.287. The van der Waals surface area contributed by atoms with E-state index in [2.05, 4.69) is 11.9 Å². The van der Waals surface area contributed by atoms with E-state index in [0.717, 1.165) is 18.4 Å². The van der Waals surface area contributed by atoms with Crippen molar-refractivity contribution in [2.45, 2.75) is 32.3 Å². The number of aliphatic hydroxyl groups excluding tert-OH is 1. The molecule has 0 aliphatic heterocycles. The highest BCUT2D eigenvalue weighted by atomic mass is 35.5. The summed E-state index contributed by atoms with van der Waals surface area (Å²) in [5, 5.41) is 10.2. The van der Waals surface area contributed by atoms with E-state index in [9.17, 15) is 5.11 Å². The van der Waals surface area contributed by atoms with Crippen molar-refractivity contribution < 1.29 is 5.11 Å². The van der Waals surface area contributed by atoms with E-state index in [0.29, 0.717) is 11.4 Å². The molecule has 3 heteroatoms. The average molecular weight is 200 g/mol. The van der Waals surface area contributed by atoms with Gasteiger partial charge in [0.2, 0.25) is 0 Å². The molecular formula is C10H14ClNO. The lowest BCUT2D eigenvalue weighted by atomic mass is 10.1. The second-order valence-electron chi connectivity index (χ2n) is 3.11. The van der Waals surface area contributed by atoms with Crippen LogP contribution in [-0.4, -0.2) is 16.2 Å². The van der Waals surface area contributed by atoms with Crippen molar-refractivity contribution in [1.82, 2.24) is 4.98 Å². The average Bonchev–Trinajstić information content (AvgIpc) is 2.09. The number of aromatic nitrogens is 1. The van der Waals surface area contributed by atoms with Crippen LogP contribution in [0.25, 0.3) is 0 Å². The van der Waals surface area contributed by atoms with Gasteiger partial charge in [0.15, 0.2) is 0 Å². The van der Waals surface area contributed by atoms with Crippen LogP contribution in [0.15, 0.2) is 18.5 Å². The summed E-state index contributed by atoms with van der Waals surface area (Å²) in [6.07, 6.45) is 5.44. The predicted molar refractivity (Wildman–Crippen MR) is 53.9 cm³/mol. The van der Waals surface area contributed by atoms with Crippen LogP contribution < -0.4 is 0 Å². The molecule has 0 radical (unpaired) electrons. The third-order valence-corrected chi connectivity index (χ3v) is 2.27. The van der Waals surface area contributed by atoms with E-state index in [-0.39, 0.29) is 6.10 Å². The van der Waals surface area contributed by atoms with Gasteiger partial charge in [0.05, 0.1) is 11.1 Å². The van der Waals surface area contributed by atoms with Crippen LogP contribution in [0.5, 0.6) is 0 Å². The fourth-order valence-corrected chi connectivity index (χ4v) is 1.46. The van der Waals surface area contributed by atoms with Gasteiger partial charge in [-0.1, -0.05) is 24.9 Å². The van der Waals surface area contributed by atoms with Gasteiger partial charge in [0, 0.05) is 12.4 Å². The summed E-state index contributed by atoms with van der Waals surface area (Å²) in [7, 11) is 0. The van der Waals surface area contributed by atoms with Crippen molar-refractivity contribution in [3.8, 4) is 0 Å². The van der Waals surface area contributed by atoms with Crippen LogP contribution in [0.3, 0.4) is 0 Å². The highest BCUT2D eigenvalue weighted by molar-refractivity contribution is 6.31. The SMILES string of the molecule is CCCC(O)Cc1ccncc1Cl. The van der Waals surface area contributed by atoms with Gasteiger partial charge in [0.1, 0.15) is 0 Å². The van der Waals surface area contributed by atoms with Gasteiger partial charge in [-0.15, -0.1) is 0 Å². The molecule has 0 spiro atoms. The number of rotatable bonds is 4. The normalized spacial score (nSPS) is 12.8. The second-order valence-corrected chi connectivity index (χ2v) is 3.52. The summed E-state index contributed by atoms with van der Waals surface area (Å²) in [4.78, 5) is 3.88. The van der Waals surface area contributed by atoms with E-state index in [1.54, 1.807) is 12.4 Å². The molecule has 0 saturated heterocycles. The van der Waals surface area contributed by atoms with E-state index >= 15 is 0 Å². The van der Waals surface area contributed by atoms with Gasteiger partial charge in [-0.25, -0.2) is 0 Å². The first-order chi connectivity index (χ1) is 6.24. The quantitative estimate of drug-likeness (QED) is 0.808. The number of aliphatic hydroxyl groups is 1. The topological polar surface area (TPSA) is 33.1 Å². The number of hydrogen-bond acceptors (Lipinski definition) is 2. The molecule has 0 bridgehead atoms. The van der Waals surface area contributed by atoms with Crippen molar-refractivity contribution in [2.75, 3.05) is 0 Å². The van der Waals surface area contributed by atoms with Crippen molar-refractivity contribution in [2.24, 2.45) is 0 Å². The number of pyridine rings is 1. The summed E-state index contributed by atoms with van der Waals surface area (Å²) < 4.78 is 0. The zero-order chi connectivity index (χ0) is 9.68. The van der Waals surface area contributed by atoms with Crippen molar-refractivity contribution >= 4 is 11.6 Å².